The highest BCUT2D eigenvalue weighted by Gasteiger charge is 2.12. The Kier molecular flexibility index (Phi) is 6.15. The van der Waals surface area contributed by atoms with Crippen molar-refractivity contribution >= 4 is 11.6 Å². The summed E-state index contributed by atoms with van der Waals surface area (Å²) in [5.74, 6) is 0.0789. The van der Waals surface area contributed by atoms with Crippen LogP contribution in [0.25, 0.3) is 0 Å². The minimum Gasteiger partial charge on any atom is -0.508 e. The molecule has 0 saturated heterocycles. The van der Waals surface area contributed by atoms with Crippen molar-refractivity contribution in [1.29, 1.82) is 0 Å². The van der Waals surface area contributed by atoms with Gasteiger partial charge in [-0.3, -0.25) is 0 Å². The second kappa shape index (κ2) is 7.39. The molecule has 0 radical (unpaired) electrons. The molecule has 0 aliphatic carbocycles. The van der Waals surface area contributed by atoms with E-state index in [2.05, 4.69) is 26.8 Å². The van der Waals surface area contributed by atoms with Gasteiger partial charge in [0.05, 0.1) is 5.02 Å². The van der Waals surface area contributed by atoms with Crippen LogP contribution in [-0.2, 0) is 6.42 Å². The van der Waals surface area contributed by atoms with Crippen LogP contribution in [0.2, 0.25) is 5.02 Å². The lowest BCUT2D eigenvalue weighted by Gasteiger charge is -2.10. The molecule has 2 N–H and O–H groups in total. The van der Waals surface area contributed by atoms with Crippen LogP contribution in [-0.4, -0.2) is 10.2 Å². The quantitative estimate of drug-likeness (QED) is 0.724. The van der Waals surface area contributed by atoms with E-state index >= 15 is 0 Å². The Balaban J connectivity index is 2.79. The van der Waals surface area contributed by atoms with Gasteiger partial charge in [-0.1, -0.05) is 34.9 Å². The standard InChI is InChI=1S/C17H23ClO2/c1-11(2)6-5-7-12(3)8-9-14-15(19)10-13(4)16(18)17(14)20/h6,8,10,19-20H,5,7,9H2,1-4H3. The Labute approximate surface area is 126 Å². The molecule has 0 aliphatic heterocycles. The first-order valence-electron chi connectivity index (χ1n) is 6.81. The molecular formula is C17H23ClO2. The monoisotopic (exact) mass is 294 g/mol. The normalized spacial score (nSPS) is 11.6. The lowest BCUT2D eigenvalue weighted by Crippen LogP contribution is -1.89. The molecule has 0 bridgehead atoms. The second-order valence-corrected chi connectivity index (χ2v) is 5.81. The molecule has 2 nitrogen and oxygen atoms in total. The van der Waals surface area contributed by atoms with Gasteiger partial charge in [0.1, 0.15) is 11.5 Å². The SMILES string of the molecule is CC(C)=CCCC(C)=CCc1c(O)cc(C)c(Cl)c1O. The fourth-order valence-electron chi connectivity index (χ4n) is 1.96. The van der Waals surface area contributed by atoms with E-state index in [-0.39, 0.29) is 11.5 Å². The summed E-state index contributed by atoms with van der Waals surface area (Å²) < 4.78 is 0. The molecule has 0 fully saturated rings. The van der Waals surface area contributed by atoms with Gasteiger partial charge in [0, 0.05) is 5.56 Å². The molecular weight excluding hydrogens is 272 g/mol. The van der Waals surface area contributed by atoms with Crippen LogP contribution < -0.4 is 0 Å². The van der Waals surface area contributed by atoms with Crippen molar-refractivity contribution in [1.82, 2.24) is 0 Å². The van der Waals surface area contributed by atoms with E-state index in [1.54, 1.807) is 13.0 Å². The maximum absolute atomic E-state index is 9.99. The zero-order chi connectivity index (χ0) is 15.3. The predicted molar refractivity (Wildman–Crippen MR) is 85.6 cm³/mol. The van der Waals surface area contributed by atoms with Crippen LogP contribution in [0.3, 0.4) is 0 Å². The van der Waals surface area contributed by atoms with E-state index in [0.29, 0.717) is 22.6 Å². The summed E-state index contributed by atoms with van der Waals surface area (Å²) >= 11 is 6.00. The molecule has 0 saturated carbocycles. The third-order valence-corrected chi connectivity index (χ3v) is 3.73. The van der Waals surface area contributed by atoms with Crippen LogP contribution in [0.5, 0.6) is 11.5 Å². The molecule has 20 heavy (non-hydrogen) atoms. The third-order valence-electron chi connectivity index (χ3n) is 3.25. The Morgan fingerprint density at radius 2 is 1.85 bits per heavy atom. The lowest BCUT2D eigenvalue weighted by molar-refractivity contribution is 0.440. The first-order chi connectivity index (χ1) is 9.32. The van der Waals surface area contributed by atoms with Gasteiger partial charge in [0.2, 0.25) is 0 Å². The maximum Gasteiger partial charge on any atom is 0.141 e. The van der Waals surface area contributed by atoms with Gasteiger partial charge >= 0.3 is 0 Å². The number of phenolic OH excluding ortho intramolecular Hbond substituents is 2. The summed E-state index contributed by atoms with van der Waals surface area (Å²) in [4.78, 5) is 0. The van der Waals surface area contributed by atoms with Crippen molar-refractivity contribution in [3.8, 4) is 11.5 Å². The number of hydrogen-bond acceptors (Lipinski definition) is 2. The highest BCUT2D eigenvalue weighted by Crippen LogP contribution is 2.37. The number of benzene rings is 1. The zero-order valence-electron chi connectivity index (χ0n) is 12.6. The zero-order valence-corrected chi connectivity index (χ0v) is 13.4. The number of hydrogen-bond donors (Lipinski definition) is 2. The lowest BCUT2D eigenvalue weighted by atomic mass is 10.0. The Morgan fingerprint density at radius 1 is 1.20 bits per heavy atom. The maximum atomic E-state index is 9.99. The average molecular weight is 295 g/mol. The Bertz CT molecular complexity index is 538. The highest BCUT2D eigenvalue weighted by atomic mass is 35.5. The summed E-state index contributed by atoms with van der Waals surface area (Å²) in [5.41, 5.74) is 3.72. The number of allylic oxidation sites excluding steroid dienone is 4. The molecule has 3 heteroatoms. The van der Waals surface area contributed by atoms with Crippen molar-refractivity contribution in [2.75, 3.05) is 0 Å². The smallest absolute Gasteiger partial charge is 0.141 e. The number of rotatable bonds is 5. The summed E-state index contributed by atoms with van der Waals surface area (Å²) in [6.07, 6.45) is 6.70. The molecule has 0 spiro atoms. The van der Waals surface area contributed by atoms with Gasteiger partial charge in [0.15, 0.2) is 0 Å². The largest absolute Gasteiger partial charge is 0.508 e. The first-order valence-corrected chi connectivity index (χ1v) is 7.19. The number of aromatic hydroxyl groups is 2. The van der Waals surface area contributed by atoms with Crippen LogP contribution in [0.15, 0.2) is 29.4 Å². The number of halogens is 1. The third kappa shape index (κ3) is 4.61. The molecule has 1 aromatic carbocycles. The molecule has 1 rings (SSSR count). The van der Waals surface area contributed by atoms with Crippen LogP contribution in [0.4, 0.5) is 0 Å². The van der Waals surface area contributed by atoms with E-state index in [1.807, 2.05) is 6.08 Å². The highest BCUT2D eigenvalue weighted by molar-refractivity contribution is 6.33. The predicted octanol–water partition coefficient (Wildman–Crippen LogP) is 5.29. The van der Waals surface area contributed by atoms with E-state index in [9.17, 15) is 10.2 Å². The fraction of sp³-hybridized carbons (Fsp3) is 0.412. The summed E-state index contributed by atoms with van der Waals surface area (Å²) in [6, 6.07) is 1.59. The topological polar surface area (TPSA) is 40.5 Å². The van der Waals surface area contributed by atoms with Crippen molar-refractivity contribution in [3.63, 3.8) is 0 Å². The molecule has 0 heterocycles. The van der Waals surface area contributed by atoms with Gasteiger partial charge < -0.3 is 10.2 Å². The van der Waals surface area contributed by atoms with E-state index in [0.717, 1.165) is 12.8 Å². The van der Waals surface area contributed by atoms with Crippen LogP contribution in [0, 0.1) is 6.92 Å². The van der Waals surface area contributed by atoms with E-state index < -0.39 is 0 Å². The van der Waals surface area contributed by atoms with Crippen molar-refractivity contribution < 1.29 is 10.2 Å². The molecule has 0 amide bonds. The Morgan fingerprint density at radius 3 is 2.45 bits per heavy atom. The molecule has 1 aromatic rings. The van der Waals surface area contributed by atoms with Gasteiger partial charge in [-0.25, -0.2) is 0 Å². The van der Waals surface area contributed by atoms with Gasteiger partial charge in [-0.15, -0.1) is 0 Å². The van der Waals surface area contributed by atoms with Crippen LogP contribution in [0.1, 0.15) is 44.7 Å². The van der Waals surface area contributed by atoms with E-state index in [4.69, 9.17) is 11.6 Å². The van der Waals surface area contributed by atoms with Crippen molar-refractivity contribution in [2.45, 2.75) is 47.0 Å². The van der Waals surface area contributed by atoms with Crippen molar-refractivity contribution in [3.05, 3.63) is 45.5 Å². The van der Waals surface area contributed by atoms with Crippen molar-refractivity contribution in [2.24, 2.45) is 0 Å². The number of phenols is 2. The molecule has 0 aliphatic rings. The molecule has 0 atom stereocenters. The molecule has 110 valence electrons. The van der Waals surface area contributed by atoms with E-state index in [1.165, 1.54) is 11.1 Å². The fourth-order valence-corrected chi connectivity index (χ4v) is 2.13. The van der Waals surface area contributed by atoms with Gasteiger partial charge in [-0.05, 0) is 58.6 Å². The van der Waals surface area contributed by atoms with Crippen LogP contribution >= 0.6 is 11.6 Å². The summed E-state index contributed by atoms with van der Waals surface area (Å²) in [5, 5.41) is 20.2. The summed E-state index contributed by atoms with van der Waals surface area (Å²) in [6.45, 7) is 7.99. The average Bonchev–Trinajstić information content (AvgIpc) is 2.35. The first kappa shape index (κ1) is 16.6. The minimum absolute atomic E-state index is 0.0162. The van der Waals surface area contributed by atoms with Gasteiger partial charge in [0.25, 0.3) is 0 Å². The number of aryl methyl sites for hydroxylation is 1. The molecule has 0 unspecified atom stereocenters. The van der Waals surface area contributed by atoms with Gasteiger partial charge in [-0.2, -0.15) is 0 Å². The summed E-state index contributed by atoms with van der Waals surface area (Å²) in [7, 11) is 0. The minimum atomic E-state index is -0.0162. The second-order valence-electron chi connectivity index (χ2n) is 5.43. The molecule has 0 aromatic heterocycles. The Hall–Kier alpha value is -1.41.